The Balaban J connectivity index is 2.28. The summed E-state index contributed by atoms with van der Waals surface area (Å²) in [6.07, 6.45) is 1.44. The molecule has 0 spiro atoms. The number of ether oxygens (including phenoxy) is 1. The minimum atomic E-state index is -0.696. The Morgan fingerprint density at radius 2 is 1.95 bits per heavy atom. The van der Waals surface area contributed by atoms with Gasteiger partial charge in [-0.15, -0.1) is 0 Å². The minimum Gasteiger partial charge on any atom is -0.506 e. The second-order valence-corrected chi connectivity index (χ2v) is 6.00. The van der Waals surface area contributed by atoms with Crippen LogP contribution < -0.4 is 5.32 Å². The molecule has 1 heterocycles. The lowest BCUT2D eigenvalue weighted by molar-refractivity contribution is -0.143. The summed E-state index contributed by atoms with van der Waals surface area (Å²) in [6.45, 7) is -0.457. The van der Waals surface area contributed by atoms with E-state index in [2.05, 4.69) is 41.9 Å². The Labute approximate surface area is 142 Å². The molecule has 0 atom stereocenters. The zero-order valence-corrected chi connectivity index (χ0v) is 14.4. The highest BCUT2D eigenvalue weighted by Crippen LogP contribution is 2.34. The minimum absolute atomic E-state index is 0.0243. The van der Waals surface area contributed by atoms with Gasteiger partial charge in [-0.05, 0) is 55.6 Å². The van der Waals surface area contributed by atoms with Crippen LogP contribution in [0, 0.1) is 0 Å². The van der Waals surface area contributed by atoms with E-state index in [1.807, 2.05) is 0 Å². The summed E-state index contributed by atoms with van der Waals surface area (Å²) in [4.78, 5) is 35.8. The van der Waals surface area contributed by atoms with E-state index in [1.165, 1.54) is 13.2 Å². The van der Waals surface area contributed by atoms with Gasteiger partial charge in [0.25, 0.3) is 5.91 Å². The van der Waals surface area contributed by atoms with Crippen LogP contribution >= 0.6 is 31.9 Å². The van der Waals surface area contributed by atoms with Crippen molar-refractivity contribution in [1.29, 1.82) is 0 Å². The topological polar surface area (TPSA) is 95.9 Å². The first-order valence-electron chi connectivity index (χ1n) is 5.93. The SMILES string of the molecule is COC(=O)CN1C(=O)NC(=Cc2cc(Br)c(O)c(Br)c2)C1=O. The average molecular weight is 434 g/mol. The fraction of sp³-hybridized carbons (Fsp3) is 0.154. The monoisotopic (exact) mass is 432 g/mol. The molecule has 3 amide bonds. The zero-order valence-electron chi connectivity index (χ0n) is 11.2. The van der Waals surface area contributed by atoms with E-state index in [0.29, 0.717) is 14.5 Å². The molecule has 1 fully saturated rings. The Bertz CT molecular complexity index is 679. The van der Waals surface area contributed by atoms with Crippen LogP contribution in [0.2, 0.25) is 0 Å². The van der Waals surface area contributed by atoms with E-state index in [4.69, 9.17) is 0 Å². The molecule has 1 saturated heterocycles. The molecule has 0 aliphatic carbocycles. The van der Waals surface area contributed by atoms with E-state index in [0.717, 1.165) is 4.90 Å². The normalized spacial score (nSPS) is 16.1. The van der Waals surface area contributed by atoms with E-state index < -0.39 is 24.5 Å². The Morgan fingerprint density at radius 1 is 1.36 bits per heavy atom. The maximum absolute atomic E-state index is 12.1. The van der Waals surface area contributed by atoms with Gasteiger partial charge in [0, 0.05) is 0 Å². The van der Waals surface area contributed by atoms with Crippen molar-refractivity contribution in [3.05, 3.63) is 32.3 Å². The Morgan fingerprint density at radius 3 is 2.50 bits per heavy atom. The maximum Gasteiger partial charge on any atom is 0.329 e. The molecule has 0 bridgehead atoms. The first-order valence-corrected chi connectivity index (χ1v) is 7.51. The number of halogens is 2. The molecule has 2 N–H and O–H groups in total. The van der Waals surface area contributed by atoms with Crippen molar-refractivity contribution < 1.29 is 24.2 Å². The quantitative estimate of drug-likeness (QED) is 0.431. The summed E-state index contributed by atoms with van der Waals surface area (Å²) < 4.78 is 5.29. The molecule has 1 aliphatic heterocycles. The summed E-state index contributed by atoms with van der Waals surface area (Å²) in [6, 6.07) is 2.46. The summed E-state index contributed by atoms with van der Waals surface area (Å²) >= 11 is 6.35. The Hall–Kier alpha value is -1.87. The number of amides is 3. The van der Waals surface area contributed by atoms with Crippen LogP contribution in [0.15, 0.2) is 26.8 Å². The number of esters is 1. The van der Waals surface area contributed by atoms with Crippen molar-refractivity contribution >= 4 is 55.8 Å². The number of hydrogen-bond acceptors (Lipinski definition) is 5. The van der Waals surface area contributed by atoms with Crippen LogP contribution in [-0.4, -0.2) is 41.6 Å². The van der Waals surface area contributed by atoms with Gasteiger partial charge in [0.05, 0.1) is 16.1 Å². The number of hydrogen-bond donors (Lipinski definition) is 2. The third kappa shape index (κ3) is 3.30. The fourth-order valence-electron chi connectivity index (χ4n) is 1.74. The molecule has 9 heteroatoms. The van der Waals surface area contributed by atoms with Gasteiger partial charge in [-0.3, -0.25) is 9.59 Å². The molecule has 0 radical (unpaired) electrons. The summed E-state index contributed by atoms with van der Waals surface area (Å²) in [5.74, 6) is -1.30. The number of nitrogens with zero attached hydrogens (tertiary/aromatic N) is 1. The number of rotatable bonds is 3. The number of urea groups is 1. The number of benzene rings is 1. The van der Waals surface area contributed by atoms with Crippen LogP contribution in [-0.2, 0) is 14.3 Å². The van der Waals surface area contributed by atoms with Gasteiger partial charge in [0.1, 0.15) is 18.0 Å². The van der Waals surface area contributed by atoms with E-state index in [-0.39, 0.29) is 11.4 Å². The van der Waals surface area contributed by atoms with E-state index >= 15 is 0 Å². The number of nitrogens with one attached hydrogen (secondary N) is 1. The van der Waals surface area contributed by atoms with E-state index in [1.54, 1.807) is 12.1 Å². The standard InChI is InChI=1S/C13H10Br2N2O5/c1-22-10(18)5-17-12(20)9(16-13(17)21)4-6-2-7(14)11(19)8(15)3-6/h2-4,19H,5H2,1H3,(H,16,21). The lowest BCUT2D eigenvalue weighted by Gasteiger charge is -2.09. The van der Waals surface area contributed by atoms with Gasteiger partial charge in [-0.2, -0.15) is 0 Å². The molecule has 0 unspecified atom stereocenters. The molecule has 22 heavy (non-hydrogen) atoms. The van der Waals surface area contributed by atoms with Gasteiger partial charge < -0.3 is 15.2 Å². The number of carbonyl (C=O) groups excluding carboxylic acids is 3. The molecule has 0 saturated carbocycles. The Kier molecular flexibility index (Phi) is 4.87. The largest absolute Gasteiger partial charge is 0.506 e. The van der Waals surface area contributed by atoms with Gasteiger partial charge >= 0.3 is 12.0 Å². The number of phenols is 1. The highest BCUT2D eigenvalue weighted by Gasteiger charge is 2.35. The van der Waals surface area contributed by atoms with Crippen molar-refractivity contribution in [3.63, 3.8) is 0 Å². The van der Waals surface area contributed by atoms with Crippen LogP contribution in [0.25, 0.3) is 6.08 Å². The van der Waals surface area contributed by atoms with Crippen molar-refractivity contribution in [3.8, 4) is 5.75 Å². The number of carbonyl (C=O) groups is 3. The molecule has 1 aliphatic rings. The maximum atomic E-state index is 12.1. The predicted octanol–water partition coefficient (Wildman–Crippen LogP) is 1.98. The molecule has 1 aromatic rings. The van der Waals surface area contributed by atoms with Gasteiger partial charge in [-0.1, -0.05) is 0 Å². The van der Waals surface area contributed by atoms with Crippen LogP contribution in [0.4, 0.5) is 4.79 Å². The van der Waals surface area contributed by atoms with Crippen molar-refractivity contribution in [2.75, 3.05) is 13.7 Å². The average Bonchev–Trinajstić information content (AvgIpc) is 2.72. The number of methoxy groups -OCH3 is 1. The zero-order chi connectivity index (χ0) is 16.4. The molecular weight excluding hydrogens is 424 g/mol. The van der Waals surface area contributed by atoms with Crippen molar-refractivity contribution in [2.24, 2.45) is 0 Å². The van der Waals surface area contributed by atoms with Gasteiger partial charge in [0.2, 0.25) is 0 Å². The van der Waals surface area contributed by atoms with Crippen molar-refractivity contribution in [1.82, 2.24) is 10.2 Å². The van der Waals surface area contributed by atoms with Gasteiger partial charge in [-0.25, -0.2) is 9.69 Å². The second kappa shape index (κ2) is 6.49. The molecule has 2 rings (SSSR count). The van der Waals surface area contributed by atoms with Crippen molar-refractivity contribution in [2.45, 2.75) is 0 Å². The fourth-order valence-corrected chi connectivity index (χ4v) is 2.97. The number of phenolic OH excluding ortho intramolecular Hbond substituents is 1. The third-order valence-electron chi connectivity index (χ3n) is 2.83. The van der Waals surface area contributed by atoms with Crippen LogP contribution in [0.1, 0.15) is 5.56 Å². The van der Waals surface area contributed by atoms with Crippen LogP contribution in [0.3, 0.4) is 0 Å². The predicted molar refractivity (Wildman–Crippen MR) is 83.7 cm³/mol. The first kappa shape index (κ1) is 16.5. The number of aromatic hydroxyl groups is 1. The molecule has 7 nitrogen and oxygen atoms in total. The highest BCUT2D eigenvalue weighted by molar-refractivity contribution is 9.11. The molecular formula is C13H10Br2N2O5. The summed E-state index contributed by atoms with van der Waals surface area (Å²) in [7, 11) is 1.17. The molecule has 0 aromatic heterocycles. The van der Waals surface area contributed by atoms with E-state index in [9.17, 15) is 19.5 Å². The smallest absolute Gasteiger partial charge is 0.329 e. The number of imide groups is 1. The highest BCUT2D eigenvalue weighted by atomic mass is 79.9. The molecule has 1 aromatic carbocycles. The second-order valence-electron chi connectivity index (χ2n) is 4.29. The first-order chi connectivity index (χ1) is 10.3. The van der Waals surface area contributed by atoms with Gasteiger partial charge in [0.15, 0.2) is 0 Å². The third-order valence-corrected chi connectivity index (χ3v) is 4.04. The lowest BCUT2D eigenvalue weighted by Crippen LogP contribution is -2.36. The summed E-state index contributed by atoms with van der Waals surface area (Å²) in [5, 5.41) is 12.0. The summed E-state index contributed by atoms with van der Waals surface area (Å²) in [5.41, 5.74) is 0.596. The lowest BCUT2D eigenvalue weighted by atomic mass is 10.2. The molecule has 116 valence electrons. The van der Waals surface area contributed by atoms with Crippen LogP contribution in [0.5, 0.6) is 5.75 Å².